The molecule has 1 atom stereocenters. The van der Waals surface area contributed by atoms with Crippen LogP contribution in [-0.2, 0) is 22.6 Å². The molecule has 0 aliphatic carbocycles. The SMILES string of the molecule is CCNC(=O)[C@H](CC)N(Cc1ccc(Cl)c(Cl)c1)C(=O)Cc1ccccc1[N+](=O)[O-]. The van der Waals surface area contributed by atoms with Crippen LogP contribution >= 0.6 is 23.2 Å². The van der Waals surface area contributed by atoms with Crippen LogP contribution in [0, 0.1) is 10.1 Å². The molecule has 0 fully saturated rings. The van der Waals surface area contributed by atoms with Crippen molar-refractivity contribution in [1.82, 2.24) is 10.2 Å². The van der Waals surface area contributed by atoms with E-state index in [0.717, 1.165) is 0 Å². The predicted molar refractivity (Wildman–Crippen MR) is 117 cm³/mol. The zero-order chi connectivity index (χ0) is 22.3. The number of para-hydroxylation sites is 1. The quantitative estimate of drug-likeness (QED) is 0.451. The van der Waals surface area contributed by atoms with Crippen molar-refractivity contribution < 1.29 is 14.5 Å². The van der Waals surface area contributed by atoms with Crippen LogP contribution in [0.1, 0.15) is 31.4 Å². The van der Waals surface area contributed by atoms with Gasteiger partial charge in [0.1, 0.15) is 6.04 Å². The molecule has 0 aromatic heterocycles. The first-order valence-electron chi connectivity index (χ1n) is 9.51. The van der Waals surface area contributed by atoms with Gasteiger partial charge in [-0.25, -0.2) is 0 Å². The molecule has 0 aliphatic rings. The molecule has 0 saturated carbocycles. The van der Waals surface area contributed by atoms with Gasteiger partial charge in [0, 0.05) is 24.7 Å². The Morgan fingerprint density at radius 3 is 2.43 bits per heavy atom. The Bertz CT molecular complexity index is 936. The summed E-state index contributed by atoms with van der Waals surface area (Å²) in [6.45, 7) is 4.14. The molecule has 2 amide bonds. The largest absolute Gasteiger partial charge is 0.355 e. The van der Waals surface area contributed by atoms with Crippen molar-refractivity contribution in [2.45, 2.75) is 39.3 Å². The predicted octanol–water partition coefficient (Wildman–Crippen LogP) is 4.39. The van der Waals surface area contributed by atoms with Gasteiger partial charge < -0.3 is 10.2 Å². The van der Waals surface area contributed by atoms with E-state index in [-0.39, 0.29) is 30.1 Å². The van der Waals surface area contributed by atoms with Crippen molar-refractivity contribution in [3.05, 3.63) is 73.8 Å². The number of hydrogen-bond donors (Lipinski definition) is 1. The molecule has 30 heavy (non-hydrogen) atoms. The normalized spacial score (nSPS) is 11.6. The molecule has 0 heterocycles. The number of hydrogen-bond acceptors (Lipinski definition) is 4. The number of amides is 2. The van der Waals surface area contributed by atoms with E-state index in [4.69, 9.17) is 23.2 Å². The third-order valence-corrected chi connectivity index (χ3v) is 5.34. The summed E-state index contributed by atoms with van der Waals surface area (Å²) in [6, 6.07) is 10.3. The lowest BCUT2D eigenvalue weighted by atomic mass is 10.1. The van der Waals surface area contributed by atoms with Gasteiger partial charge in [0.25, 0.3) is 5.69 Å². The van der Waals surface area contributed by atoms with Crippen LogP contribution in [0.4, 0.5) is 5.69 Å². The molecule has 2 aromatic carbocycles. The van der Waals surface area contributed by atoms with E-state index in [1.54, 1.807) is 50.2 Å². The summed E-state index contributed by atoms with van der Waals surface area (Å²) in [5.41, 5.74) is 0.854. The highest BCUT2D eigenvalue weighted by Crippen LogP contribution is 2.25. The highest BCUT2D eigenvalue weighted by atomic mass is 35.5. The maximum Gasteiger partial charge on any atom is 0.273 e. The second-order valence-electron chi connectivity index (χ2n) is 6.65. The number of rotatable bonds is 9. The fourth-order valence-electron chi connectivity index (χ4n) is 3.15. The van der Waals surface area contributed by atoms with Gasteiger partial charge in [-0.1, -0.05) is 54.4 Å². The zero-order valence-electron chi connectivity index (χ0n) is 16.7. The number of benzene rings is 2. The van der Waals surface area contributed by atoms with E-state index in [1.165, 1.54) is 11.0 Å². The number of carbonyl (C=O) groups excluding carboxylic acids is 2. The summed E-state index contributed by atoms with van der Waals surface area (Å²) < 4.78 is 0. The standard InChI is InChI=1S/C21H23Cl2N3O4/c1-3-18(21(28)24-4-2)25(13-14-9-10-16(22)17(23)11-14)20(27)12-15-7-5-6-8-19(15)26(29)30/h5-11,18H,3-4,12-13H2,1-2H3,(H,24,28)/t18-/m0/s1. The van der Waals surface area contributed by atoms with Gasteiger partial charge in [-0.2, -0.15) is 0 Å². The first kappa shape index (κ1) is 23.6. The van der Waals surface area contributed by atoms with Gasteiger partial charge in [-0.15, -0.1) is 0 Å². The fourth-order valence-corrected chi connectivity index (χ4v) is 3.47. The molecular formula is C21H23Cl2N3O4. The van der Waals surface area contributed by atoms with E-state index in [1.807, 2.05) is 0 Å². The van der Waals surface area contributed by atoms with Gasteiger partial charge in [-0.05, 0) is 31.0 Å². The molecule has 0 spiro atoms. The number of nitro benzene ring substituents is 1. The first-order valence-corrected chi connectivity index (χ1v) is 10.3. The molecule has 1 N–H and O–H groups in total. The van der Waals surface area contributed by atoms with Crippen LogP contribution in [0.2, 0.25) is 10.0 Å². The summed E-state index contributed by atoms with van der Waals surface area (Å²) in [6.07, 6.45) is 0.185. The number of nitrogens with one attached hydrogen (secondary N) is 1. The Morgan fingerprint density at radius 2 is 1.83 bits per heavy atom. The van der Waals surface area contributed by atoms with Gasteiger partial charge in [-0.3, -0.25) is 19.7 Å². The Hall–Kier alpha value is -2.64. The molecule has 0 radical (unpaired) electrons. The number of carbonyl (C=O) groups is 2. The lowest BCUT2D eigenvalue weighted by molar-refractivity contribution is -0.385. The number of likely N-dealkylation sites (N-methyl/N-ethyl adjacent to an activating group) is 1. The monoisotopic (exact) mass is 451 g/mol. The van der Waals surface area contributed by atoms with Crippen LogP contribution in [0.3, 0.4) is 0 Å². The average molecular weight is 452 g/mol. The van der Waals surface area contributed by atoms with Crippen LogP contribution in [0.5, 0.6) is 0 Å². The Labute approximate surface area is 185 Å². The van der Waals surface area contributed by atoms with E-state index in [0.29, 0.717) is 28.6 Å². The lowest BCUT2D eigenvalue weighted by Crippen LogP contribution is -2.49. The number of nitrogens with zero attached hydrogens (tertiary/aromatic N) is 2. The summed E-state index contributed by atoms with van der Waals surface area (Å²) in [7, 11) is 0. The molecule has 2 rings (SSSR count). The van der Waals surface area contributed by atoms with Crippen LogP contribution in [0.15, 0.2) is 42.5 Å². The molecule has 2 aromatic rings. The smallest absolute Gasteiger partial charge is 0.273 e. The van der Waals surface area contributed by atoms with Crippen LogP contribution < -0.4 is 5.32 Å². The number of halogens is 2. The molecule has 0 aliphatic heterocycles. The van der Waals surface area contributed by atoms with E-state index in [9.17, 15) is 19.7 Å². The summed E-state index contributed by atoms with van der Waals surface area (Å²) in [5, 5.41) is 14.8. The molecule has 160 valence electrons. The summed E-state index contributed by atoms with van der Waals surface area (Å²) in [5.74, 6) is -0.676. The molecule has 9 heteroatoms. The molecule has 0 saturated heterocycles. The summed E-state index contributed by atoms with van der Waals surface area (Å²) >= 11 is 12.1. The maximum absolute atomic E-state index is 13.2. The van der Waals surface area contributed by atoms with E-state index in [2.05, 4.69) is 5.32 Å². The third kappa shape index (κ3) is 5.93. The van der Waals surface area contributed by atoms with Crippen molar-refractivity contribution in [2.75, 3.05) is 6.54 Å². The van der Waals surface area contributed by atoms with Crippen molar-refractivity contribution in [1.29, 1.82) is 0 Å². The Balaban J connectivity index is 2.38. The highest BCUT2D eigenvalue weighted by molar-refractivity contribution is 6.42. The topological polar surface area (TPSA) is 92.6 Å². The Kier molecular flexibility index (Phi) is 8.62. The molecule has 0 bridgehead atoms. The van der Waals surface area contributed by atoms with E-state index >= 15 is 0 Å². The van der Waals surface area contributed by atoms with Crippen LogP contribution in [0.25, 0.3) is 0 Å². The zero-order valence-corrected chi connectivity index (χ0v) is 18.2. The fraction of sp³-hybridized carbons (Fsp3) is 0.333. The minimum absolute atomic E-state index is 0.117. The van der Waals surface area contributed by atoms with Crippen molar-refractivity contribution in [2.24, 2.45) is 0 Å². The number of nitro groups is 1. The minimum atomic E-state index is -0.727. The first-order chi connectivity index (χ1) is 14.3. The lowest BCUT2D eigenvalue weighted by Gasteiger charge is -2.30. The van der Waals surface area contributed by atoms with Gasteiger partial charge >= 0.3 is 0 Å². The maximum atomic E-state index is 13.2. The minimum Gasteiger partial charge on any atom is -0.355 e. The molecule has 7 nitrogen and oxygen atoms in total. The average Bonchev–Trinajstić information content (AvgIpc) is 2.71. The highest BCUT2D eigenvalue weighted by Gasteiger charge is 2.29. The Morgan fingerprint density at radius 1 is 1.13 bits per heavy atom. The van der Waals surface area contributed by atoms with Crippen molar-refractivity contribution >= 4 is 40.7 Å². The molecular weight excluding hydrogens is 429 g/mol. The van der Waals surface area contributed by atoms with Gasteiger partial charge in [0.05, 0.1) is 21.4 Å². The second-order valence-corrected chi connectivity index (χ2v) is 7.47. The van der Waals surface area contributed by atoms with Crippen molar-refractivity contribution in [3.8, 4) is 0 Å². The molecule has 0 unspecified atom stereocenters. The second kappa shape index (κ2) is 10.9. The van der Waals surface area contributed by atoms with Gasteiger partial charge in [0.2, 0.25) is 11.8 Å². The van der Waals surface area contributed by atoms with Crippen LogP contribution in [-0.4, -0.2) is 34.2 Å². The summed E-state index contributed by atoms with van der Waals surface area (Å²) in [4.78, 5) is 38.0. The van der Waals surface area contributed by atoms with Crippen molar-refractivity contribution in [3.63, 3.8) is 0 Å². The van der Waals surface area contributed by atoms with E-state index < -0.39 is 16.9 Å². The third-order valence-electron chi connectivity index (χ3n) is 4.60. The van der Waals surface area contributed by atoms with Gasteiger partial charge in [0.15, 0.2) is 0 Å².